The van der Waals surface area contributed by atoms with Gasteiger partial charge in [0.05, 0.1) is 36.2 Å². The van der Waals surface area contributed by atoms with E-state index in [0.717, 1.165) is 17.2 Å². The summed E-state index contributed by atoms with van der Waals surface area (Å²) in [7, 11) is -2.66. The van der Waals surface area contributed by atoms with Gasteiger partial charge in [0.1, 0.15) is 4.90 Å². The number of hydrogen-bond acceptors (Lipinski definition) is 8. The van der Waals surface area contributed by atoms with Crippen LogP contribution in [-0.4, -0.2) is 33.3 Å². The number of non-ortho nitro benzene ring substituents is 1. The van der Waals surface area contributed by atoms with Crippen molar-refractivity contribution in [3.63, 3.8) is 0 Å². The molecule has 0 bridgehead atoms. The largest absolute Gasteiger partial charge is 0.493 e. The zero-order chi connectivity index (χ0) is 25.6. The number of nitro groups is 1. The standard InChI is InChI=1S/C24H26N4O6S/c1-5-34-22-11-7-18(13-23(22)33-4)15-25-26-21-10-8-19(28(29)30)14-24(21)35(31,32)27-20-9-6-16(2)12-17(20)3/h6-15,26-27H,5H2,1-4H3/b25-15-. The topological polar surface area (TPSA) is 132 Å². The van der Waals surface area contributed by atoms with Gasteiger partial charge in [0, 0.05) is 12.1 Å². The Labute approximate surface area is 203 Å². The number of sulfonamides is 1. The average molecular weight is 499 g/mol. The molecule has 35 heavy (non-hydrogen) atoms. The number of methoxy groups -OCH3 is 1. The van der Waals surface area contributed by atoms with Gasteiger partial charge in [-0.15, -0.1) is 0 Å². The molecule has 2 N–H and O–H groups in total. The minimum atomic E-state index is -4.18. The van der Waals surface area contributed by atoms with Crippen molar-refractivity contribution in [1.82, 2.24) is 0 Å². The van der Waals surface area contributed by atoms with Crippen LogP contribution in [0.3, 0.4) is 0 Å². The molecule has 3 aromatic rings. The Hall–Kier alpha value is -4.12. The predicted molar refractivity (Wildman–Crippen MR) is 135 cm³/mol. The Balaban J connectivity index is 1.92. The fourth-order valence-electron chi connectivity index (χ4n) is 3.28. The van der Waals surface area contributed by atoms with Gasteiger partial charge in [0.15, 0.2) is 11.5 Å². The van der Waals surface area contributed by atoms with Gasteiger partial charge in [-0.05, 0) is 62.2 Å². The molecule has 0 atom stereocenters. The molecule has 184 valence electrons. The number of anilines is 2. The summed E-state index contributed by atoms with van der Waals surface area (Å²) in [6.45, 7) is 6.02. The number of hydrogen-bond donors (Lipinski definition) is 2. The maximum Gasteiger partial charge on any atom is 0.270 e. The van der Waals surface area contributed by atoms with Crippen molar-refractivity contribution in [2.24, 2.45) is 5.10 Å². The maximum absolute atomic E-state index is 13.2. The van der Waals surface area contributed by atoms with Crippen LogP contribution in [0.1, 0.15) is 23.6 Å². The van der Waals surface area contributed by atoms with E-state index in [0.29, 0.717) is 29.4 Å². The zero-order valence-electron chi connectivity index (χ0n) is 19.7. The van der Waals surface area contributed by atoms with E-state index in [2.05, 4.69) is 15.2 Å². The van der Waals surface area contributed by atoms with Gasteiger partial charge >= 0.3 is 0 Å². The molecule has 3 aromatic carbocycles. The molecule has 0 aliphatic carbocycles. The summed E-state index contributed by atoms with van der Waals surface area (Å²) < 4.78 is 39.7. The Morgan fingerprint density at radius 1 is 1.03 bits per heavy atom. The Morgan fingerprint density at radius 3 is 2.43 bits per heavy atom. The van der Waals surface area contributed by atoms with Gasteiger partial charge in [0.2, 0.25) is 0 Å². The van der Waals surface area contributed by atoms with Crippen molar-refractivity contribution in [2.75, 3.05) is 23.9 Å². The summed E-state index contributed by atoms with van der Waals surface area (Å²) >= 11 is 0. The first-order chi connectivity index (χ1) is 16.6. The second-order valence-electron chi connectivity index (χ2n) is 7.57. The van der Waals surface area contributed by atoms with E-state index in [9.17, 15) is 18.5 Å². The number of rotatable bonds is 10. The number of hydrazone groups is 1. The van der Waals surface area contributed by atoms with E-state index >= 15 is 0 Å². The highest BCUT2D eigenvalue weighted by molar-refractivity contribution is 7.92. The quantitative estimate of drug-likeness (QED) is 0.232. The van der Waals surface area contributed by atoms with Gasteiger partial charge in [-0.2, -0.15) is 5.10 Å². The zero-order valence-corrected chi connectivity index (χ0v) is 20.5. The van der Waals surface area contributed by atoms with Crippen molar-refractivity contribution in [1.29, 1.82) is 0 Å². The monoisotopic (exact) mass is 498 g/mol. The SMILES string of the molecule is CCOc1ccc(/C=N\Nc2ccc([N+](=O)[O-])cc2S(=O)(=O)Nc2ccc(C)cc2C)cc1OC. The van der Waals surface area contributed by atoms with Crippen LogP contribution < -0.4 is 19.6 Å². The van der Waals surface area contributed by atoms with Crippen molar-refractivity contribution in [3.05, 3.63) is 81.4 Å². The van der Waals surface area contributed by atoms with E-state index in [4.69, 9.17) is 9.47 Å². The van der Waals surface area contributed by atoms with Crippen LogP contribution in [0, 0.1) is 24.0 Å². The number of benzene rings is 3. The summed E-state index contributed by atoms with van der Waals surface area (Å²) in [5, 5.41) is 15.4. The van der Waals surface area contributed by atoms with E-state index in [1.807, 2.05) is 19.9 Å². The molecule has 0 aliphatic heterocycles. The third-order valence-corrected chi connectivity index (χ3v) is 6.38. The van der Waals surface area contributed by atoms with Crippen molar-refractivity contribution >= 4 is 33.3 Å². The van der Waals surface area contributed by atoms with Gasteiger partial charge < -0.3 is 9.47 Å². The molecule has 0 aliphatic rings. The fraction of sp³-hybridized carbons (Fsp3) is 0.208. The summed E-state index contributed by atoms with van der Waals surface area (Å²) in [6.07, 6.45) is 1.47. The first-order valence-electron chi connectivity index (χ1n) is 10.6. The van der Waals surface area contributed by atoms with Crippen LogP contribution in [0.15, 0.2) is 64.6 Å². The van der Waals surface area contributed by atoms with Crippen molar-refractivity contribution < 1.29 is 22.8 Å². The fourth-order valence-corrected chi connectivity index (χ4v) is 4.59. The molecule has 0 radical (unpaired) electrons. The van der Waals surface area contributed by atoms with E-state index < -0.39 is 14.9 Å². The molecule has 10 nitrogen and oxygen atoms in total. The molecule has 11 heteroatoms. The number of ether oxygens (including phenoxy) is 2. The second-order valence-corrected chi connectivity index (χ2v) is 9.23. The molecule has 0 spiro atoms. The van der Waals surface area contributed by atoms with Crippen LogP contribution in [0.2, 0.25) is 0 Å². The molecule has 0 aromatic heterocycles. The van der Waals surface area contributed by atoms with Crippen molar-refractivity contribution in [2.45, 2.75) is 25.7 Å². The first-order valence-corrected chi connectivity index (χ1v) is 12.1. The van der Waals surface area contributed by atoms with Crippen molar-refractivity contribution in [3.8, 4) is 11.5 Å². The number of aryl methyl sites for hydroxylation is 2. The number of nitrogens with one attached hydrogen (secondary N) is 2. The first kappa shape index (κ1) is 25.5. The lowest BCUT2D eigenvalue weighted by Crippen LogP contribution is -2.16. The van der Waals surface area contributed by atoms with E-state index in [-0.39, 0.29) is 16.3 Å². The van der Waals surface area contributed by atoms with Gasteiger partial charge in [-0.3, -0.25) is 20.3 Å². The Bertz CT molecular complexity index is 1370. The van der Waals surface area contributed by atoms with Gasteiger partial charge in [-0.25, -0.2) is 8.42 Å². The summed E-state index contributed by atoms with van der Waals surface area (Å²) in [5.74, 6) is 1.11. The lowest BCUT2D eigenvalue weighted by molar-refractivity contribution is -0.385. The highest BCUT2D eigenvalue weighted by atomic mass is 32.2. The lowest BCUT2D eigenvalue weighted by Gasteiger charge is -2.14. The highest BCUT2D eigenvalue weighted by Gasteiger charge is 2.23. The van der Waals surface area contributed by atoms with Crippen LogP contribution in [0.5, 0.6) is 11.5 Å². The van der Waals surface area contributed by atoms with Crippen LogP contribution >= 0.6 is 0 Å². The van der Waals surface area contributed by atoms with Gasteiger partial charge in [-0.1, -0.05) is 17.7 Å². The predicted octanol–water partition coefficient (Wildman–Crippen LogP) is 4.87. The smallest absolute Gasteiger partial charge is 0.270 e. The molecule has 0 amide bonds. The average Bonchev–Trinajstić information content (AvgIpc) is 2.82. The third-order valence-electron chi connectivity index (χ3n) is 4.98. The summed E-state index contributed by atoms with van der Waals surface area (Å²) in [5.41, 5.74) is 5.12. The molecule has 0 fully saturated rings. The van der Waals surface area contributed by atoms with E-state index in [1.165, 1.54) is 25.5 Å². The normalized spacial score (nSPS) is 11.3. The number of nitrogens with zero attached hydrogens (tertiary/aromatic N) is 2. The van der Waals surface area contributed by atoms with E-state index in [1.54, 1.807) is 37.3 Å². The maximum atomic E-state index is 13.2. The highest BCUT2D eigenvalue weighted by Crippen LogP contribution is 2.30. The molecule has 0 saturated carbocycles. The molecule has 0 saturated heterocycles. The Morgan fingerprint density at radius 2 is 1.77 bits per heavy atom. The molecule has 0 heterocycles. The second kappa shape index (κ2) is 10.9. The molecule has 0 unspecified atom stereocenters. The number of nitro benzene ring substituents is 1. The molecular weight excluding hydrogens is 472 g/mol. The minimum Gasteiger partial charge on any atom is -0.493 e. The van der Waals surface area contributed by atoms with Crippen LogP contribution in [0.4, 0.5) is 17.1 Å². The minimum absolute atomic E-state index is 0.0713. The van der Waals surface area contributed by atoms with Gasteiger partial charge in [0.25, 0.3) is 15.7 Å². The molecule has 3 rings (SSSR count). The van der Waals surface area contributed by atoms with Crippen LogP contribution in [0.25, 0.3) is 0 Å². The van der Waals surface area contributed by atoms with Crippen LogP contribution in [-0.2, 0) is 10.0 Å². The lowest BCUT2D eigenvalue weighted by atomic mass is 10.1. The molecular formula is C24H26N4O6S. The Kier molecular flexibility index (Phi) is 7.92. The summed E-state index contributed by atoms with van der Waals surface area (Å²) in [6, 6.07) is 13.9. The summed E-state index contributed by atoms with van der Waals surface area (Å²) in [4.78, 5) is 10.3. The third kappa shape index (κ3) is 6.27.